The van der Waals surface area contributed by atoms with Crippen LogP contribution < -0.4 is 14.9 Å². The Balaban J connectivity index is 1.74. The molecule has 1 fully saturated rings. The van der Waals surface area contributed by atoms with Gasteiger partial charge in [0.15, 0.2) is 0 Å². The SMILES string of the molecule is O=[N+]([O-])c1ccc(S(=O)(=O)Nc2nsc(N3CCNCC3)n2)cc1. The van der Waals surface area contributed by atoms with Crippen molar-refractivity contribution in [3.8, 4) is 0 Å². The van der Waals surface area contributed by atoms with Crippen LogP contribution in [0.3, 0.4) is 0 Å². The van der Waals surface area contributed by atoms with E-state index in [0.717, 1.165) is 49.8 Å². The number of sulfonamides is 1. The van der Waals surface area contributed by atoms with E-state index in [1.807, 2.05) is 4.90 Å². The third kappa shape index (κ3) is 3.60. The van der Waals surface area contributed by atoms with Gasteiger partial charge in [-0.05, 0) is 12.1 Å². The summed E-state index contributed by atoms with van der Waals surface area (Å²) in [4.78, 5) is 16.2. The van der Waals surface area contributed by atoms with Crippen molar-refractivity contribution in [2.75, 3.05) is 35.8 Å². The molecule has 0 spiro atoms. The Morgan fingerprint density at radius 1 is 1.25 bits per heavy atom. The number of benzene rings is 1. The molecule has 1 saturated heterocycles. The Hall–Kier alpha value is -2.31. The molecule has 0 aliphatic carbocycles. The minimum absolute atomic E-state index is 0.00751. The number of hydrogen-bond acceptors (Lipinski definition) is 9. The molecule has 2 heterocycles. The van der Waals surface area contributed by atoms with E-state index in [9.17, 15) is 18.5 Å². The van der Waals surface area contributed by atoms with E-state index >= 15 is 0 Å². The molecule has 0 bridgehead atoms. The number of piperazine rings is 1. The zero-order valence-corrected chi connectivity index (χ0v) is 14.0. The fourth-order valence-corrected chi connectivity index (χ4v) is 3.85. The Bertz CT molecular complexity index is 829. The molecule has 24 heavy (non-hydrogen) atoms. The monoisotopic (exact) mass is 370 g/mol. The van der Waals surface area contributed by atoms with Crippen LogP contribution in [0.25, 0.3) is 0 Å². The molecule has 0 atom stereocenters. The summed E-state index contributed by atoms with van der Waals surface area (Å²) < 4.78 is 30.9. The van der Waals surface area contributed by atoms with Crippen molar-refractivity contribution in [2.24, 2.45) is 0 Å². The number of rotatable bonds is 5. The standard InChI is InChI=1S/C12H14N6O4S2/c19-18(20)9-1-3-10(4-2-9)24(21,22)16-11-14-12(23-15-11)17-7-5-13-6-8-17/h1-4,13H,5-8H2,(H,15,16). The van der Waals surface area contributed by atoms with Crippen molar-refractivity contribution in [1.82, 2.24) is 14.7 Å². The fourth-order valence-electron chi connectivity index (χ4n) is 2.17. The van der Waals surface area contributed by atoms with Crippen LogP contribution in [0.5, 0.6) is 0 Å². The maximum Gasteiger partial charge on any atom is 0.269 e. The van der Waals surface area contributed by atoms with Crippen molar-refractivity contribution in [1.29, 1.82) is 0 Å². The summed E-state index contributed by atoms with van der Waals surface area (Å²) in [5, 5.41) is 14.5. The van der Waals surface area contributed by atoms with Gasteiger partial charge in [0.2, 0.25) is 5.13 Å². The van der Waals surface area contributed by atoms with Gasteiger partial charge in [-0.25, -0.2) is 13.1 Å². The first-order valence-corrected chi connectivity index (χ1v) is 9.28. The Labute approximate surface area is 141 Å². The highest BCUT2D eigenvalue weighted by molar-refractivity contribution is 7.92. The van der Waals surface area contributed by atoms with Gasteiger partial charge in [0.05, 0.1) is 9.82 Å². The van der Waals surface area contributed by atoms with Crippen LogP contribution in [-0.4, -0.2) is 48.9 Å². The zero-order valence-electron chi connectivity index (χ0n) is 12.4. The highest BCUT2D eigenvalue weighted by atomic mass is 32.2. The first-order chi connectivity index (χ1) is 11.5. The molecule has 1 aliphatic rings. The second kappa shape index (κ2) is 6.67. The van der Waals surface area contributed by atoms with E-state index < -0.39 is 14.9 Å². The summed E-state index contributed by atoms with van der Waals surface area (Å²) in [5.41, 5.74) is -0.179. The number of nitrogens with zero attached hydrogens (tertiary/aromatic N) is 4. The molecule has 12 heteroatoms. The van der Waals surface area contributed by atoms with Crippen LogP contribution in [0.15, 0.2) is 29.2 Å². The molecule has 2 aromatic rings. The maximum atomic E-state index is 12.3. The van der Waals surface area contributed by atoms with Crippen LogP contribution in [0.2, 0.25) is 0 Å². The van der Waals surface area contributed by atoms with Crippen molar-refractivity contribution in [3.63, 3.8) is 0 Å². The summed E-state index contributed by atoms with van der Waals surface area (Å²) in [6.07, 6.45) is 0. The molecule has 0 unspecified atom stereocenters. The van der Waals surface area contributed by atoms with Gasteiger partial charge in [0, 0.05) is 49.8 Å². The molecular weight excluding hydrogens is 356 g/mol. The first kappa shape index (κ1) is 16.5. The lowest BCUT2D eigenvalue weighted by Gasteiger charge is -2.26. The molecule has 1 aliphatic heterocycles. The van der Waals surface area contributed by atoms with Crippen molar-refractivity contribution in [2.45, 2.75) is 4.90 Å². The van der Waals surface area contributed by atoms with E-state index in [-0.39, 0.29) is 16.5 Å². The molecule has 0 radical (unpaired) electrons. The lowest BCUT2D eigenvalue weighted by atomic mass is 10.3. The summed E-state index contributed by atoms with van der Waals surface area (Å²) in [6.45, 7) is 3.24. The van der Waals surface area contributed by atoms with Gasteiger partial charge in [-0.1, -0.05) is 0 Å². The van der Waals surface area contributed by atoms with Crippen molar-refractivity contribution < 1.29 is 13.3 Å². The van der Waals surface area contributed by atoms with E-state index in [1.165, 1.54) is 12.1 Å². The molecule has 3 rings (SSSR count). The first-order valence-electron chi connectivity index (χ1n) is 7.02. The minimum Gasteiger partial charge on any atom is -0.344 e. The quantitative estimate of drug-likeness (QED) is 0.580. The summed E-state index contributed by atoms with van der Waals surface area (Å²) in [6, 6.07) is 4.61. The van der Waals surface area contributed by atoms with E-state index in [4.69, 9.17) is 0 Å². The molecule has 0 saturated carbocycles. The fraction of sp³-hybridized carbons (Fsp3) is 0.333. The second-order valence-corrected chi connectivity index (χ2v) is 7.41. The normalized spacial score (nSPS) is 15.2. The molecule has 1 aromatic heterocycles. The predicted molar refractivity (Wildman–Crippen MR) is 88.9 cm³/mol. The number of non-ortho nitro benzene ring substituents is 1. The Kier molecular flexibility index (Phi) is 4.59. The minimum atomic E-state index is -3.89. The van der Waals surface area contributed by atoms with E-state index in [0.29, 0.717) is 5.13 Å². The largest absolute Gasteiger partial charge is 0.344 e. The maximum absolute atomic E-state index is 12.3. The molecule has 2 N–H and O–H groups in total. The highest BCUT2D eigenvalue weighted by Crippen LogP contribution is 2.23. The molecule has 1 aromatic carbocycles. The number of nitro benzene ring substituents is 1. The van der Waals surface area contributed by atoms with Gasteiger partial charge in [0.25, 0.3) is 21.7 Å². The number of nitrogens with one attached hydrogen (secondary N) is 2. The summed E-state index contributed by atoms with van der Waals surface area (Å²) in [7, 11) is -3.89. The lowest BCUT2D eigenvalue weighted by Crippen LogP contribution is -2.43. The topological polar surface area (TPSA) is 130 Å². The summed E-state index contributed by atoms with van der Waals surface area (Å²) >= 11 is 1.12. The van der Waals surface area contributed by atoms with Crippen LogP contribution in [0.1, 0.15) is 0 Å². The molecular formula is C12H14N6O4S2. The average Bonchev–Trinajstić information content (AvgIpc) is 3.03. The lowest BCUT2D eigenvalue weighted by molar-refractivity contribution is -0.384. The number of anilines is 2. The molecule has 0 amide bonds. The van der Waals surface area contributed by atoms with Crippen LogP contribution in [-0.2, 0) is 10.0 Å². The van der Waals surface area contributed by atoms with Gasteiger partial charge in [-0.15, -0.1) is 0 Å². The average molecular weight is 370 g/mol. The van der Waals surface area contributed by atoms with Gasteiger partial charge in [-0.3, -0.25) is 10.1 Å². The third-order valence-corrected chi connectivity index (χ3v) is 5.51. The predicted octanol–water partition coefficient (Wildman–Crippen LogP) is 0.657. The van der Waals surface area contributed by atoms with Gasteiger partial charge in [-0.2, -0.15) is 9.36 Å². The number of nitro groups is 1. The van der Waals surface area contributed by atoms with Crippen molar-refractivity contribution in [3.05, 3.63) is 34.4 Å². The van der Waals surface area contributed by atoms with E-state index in [2.05, 4.69) is 19.4 Å². The van der Waals surface area contributed by atoms with Crippen LogP contribution in [0, 0.1) is 10.1 Å². The number of aromatic nitrogens is 2. The zero-order chi connectivity index (χ0) is 17.2. The van der Waals surface area contributed by atoms with Crippen LogP contribution in [0.4, 0.5) is 16.8 Å². The summed E-state index contributed by atoms with van der Waals surface area (Å²) in [5.74, 6) is -0.00751. The van der Waals surface area contributed by atoms with Crippen LogP contribution >= 0.6 is 11.5 Å². The Morgan fingerprint density at radius 2 is 1.92 bits per heavy atom. The van der Waals surface area contributed by atoms with E-state index in [1.54, 1.807) is 0 Å². The Morgan fingerprint density at radius 3 is 2.54 bits per heavy atom. The van der Waals surface area contributed by atoms with Gasteiger partial charge < -0.3 is 10.2 Å². The second-order valence-electron chi connectivity index (χ2n) is 4.99. The third-order valence-electron chi connectivity index (χ3n) is 3.39. The number of hydrogen-bond donors (Lipinski definition) is 2. The van der Waals surface area contributed by atoms with Gasteiger partial charge >= 0.3 is 0 Å². The highest BCUT2D eigenvalue weighted by Gasteiger charge is 2.20. The van der Waals surface area contributed by atoms with Gasteiger partial charge in [0.1, 0.15) is 0 Å². The molecule has 128 valence electrons. The molecule has 10 nitrogen and oxygen atoms in total. The smallest absolute Gasteiger partial charge is 0.269 e. The van der Waals surface area contributed by atoms with Crippen molar-refractivity contribution >= 4 is 38.3 Å².